The summed E-state index contributed by atoms with van der Waals surface area (Å²) in [5.41, 5.74) is 2.11. The molecule has 1 N–H and O–H groups in total. The van der Waals surface area contributed by atoms with E-state index in [-0.39, 0.29) is 11.8 Å². The highest BCUT2D eigenvalue weighted by Crippen LogP contribution is 2.30. The van der Waals surface area contributed by atoms with Crippen LogP contribution in [0.5, 0.6) is 5.75 Å². The van der Waals surface area contributed by atoms with Crippen LogP contribution in [-0.2, 0) is 22.4 Å². The molecule has 1 heterocycles. The van der Waals surface area contributed by atoms with E-state index in [1.807, 2.05) is 35.2 Å². The number of carboxylic acid groups (broad SMARTS) is 1. The van der Waals surface area contributed by atoms with Crippen molar-refractivity contribution in [1.82, 2.24) is 4.90 Å². The molecule has 3 rings (SSSR count). The summed E-state index contributed by atoms with van der Waals surface area (Å²) in [5, 5.41) is 9.30. The van der Waals surface area contributed by atoms with Crippen molar-refractivity contribution in [3.63, 3.8) is 0 Å². The number of amides is 1. The molecule has 0 aromatic heterocycles. The molecule has 0 spiro atoms. The molecule has 1 aliphatic heterocycles. The van der Waals surface area contributed by atoms with E-state index in [1.54, 1.807) is 6.07 Å². The second-order valence-electron chi connectivity index (χ2n) is 8.52. The molecular formula is C25H31NO4. The van der Waals surface area contributed by atoms with E-state index < -0.39 is 11.6 Å². The number of ether oxygens (including phenoxy) is 1. The number of aliphatic carboxylic acids is 1. The van der Waals surface area contributed by atoms with E-state index >= 15 is 0 Å². The maximum absolute atomic E-state index is 12.9. The summed E-state index contributed by atoms with van der Waals surface area (Å²) in [6.45, 7) is 6.66. The molecule has 0 aliphatic carbocycles. The fourth-order valence-electron chi connectivity index (χ4n) is 3.83. The predicted octanol–water partition coefficient (Wildman–Crippen LogP) is 4.44. The van der Waals surface area contributed by atoms with Gasteiger partial charge in [-0.1, -0.05) is 43.3 Å². The summed E-state index contributed by atoms with van der Waals surface area (Å²) < 4.78 is 5.69. The van der Waals surface area contributed by atoms with Gasteiger partial charge in [-0.25, -0.2) is 4.79 Å². The summed E-state index contributed by atoms with van der Waals surface area (Å²) in [5.74, 6) is -0.0845. The number of carbonyl (C=O) groups is 2. The average molecular weight is 410 g/mol. The smallest absolute Gasteiger partial charge is 0.347 e. The van der Waals surface area contributed by atoms with Crippen LogP contribution in [0.3, 0.4) is 0 Å². The van der Waals surface area contributed by atoms with Crippen molar-refractivity contribution in [2.75, 3.05) is 13.1 Å². The molecule has 1 unspecified atom stereocenters. The Morgan fingerprint density at radius 2 is 1.83 bits per heavy atom. The van der Waals surface area contributed by atoms with Crippen LogP contribution in [0.1, 0.15) is 56.2 Å². The lowest BCUT2D eigenvalue weighted by Gasteiger charge is -2.33. The average Bonchev–Trinajstić information content (AvgIpc) is 2.74. The van der Waals surface area contributed by atoms with Crippen LogP contribution in [0.25, 0.3) is 0 Å². The van der Waals surface area contributed by atoms with E-state index in [2.05, 4.69) is 19.1 Å². The Bertz CT molecular complexity index is 888. The standard InChI is InChI=1S/C25H31NO4/c1-4-18-10-12-19(13-11-18)15-23(27)26-14-6-8-21(17-26)20-7-5-9-22(16-20)30-25(2,3)24(28)29/h5,7,9-13,16,21H,4,6,8,14-15,17H2,1-3H3,(H,28,29). The van der Waals surface area contributed by atoms with Gasteiger partial charge >= 0.3 is 5.97 Å². The van der Waals surface area contributed by atoms with Crippen LogP contribution in [-0.4, -0.2) is 40.6 Å². The third kappa shape index (κ3) is 5.41. The van der Waals surface area contributed by atoms with Gasteiger partial charge in [-0.05, 0) is 61.9 Å². The second-order valence-corrected chi connectivity index (χ2v) is 8.52. The Balaban J connectivity index is 1.66. The molecule has 1 saturated heterocycles. The summed E-state index contributed by atoms with van der Waals surface area (Å²) in [6.07, 6.45) is 3.37. The Hall–Kier alpha value is -2.82. The molecule has 1 atom stereocenters. The molecule has 0 saturated carbocycles. The van der Waals surface area contributed by atoms with Crippen LogP contribution in [0.15, 0.2) is 48.5 Å². The number of rotatable bonds is 7. The van der Waals surface area contributed by atoms with Gasteiger partial charge in [-0.3, -0.25) is 4.79 Å². The Morgan fingerprint density at radius 3 is 2.50 bits per heavy atom. The number of likely N-dealkylation sites (tertiary alicyclic amines) is 1. The lowest BCUT2D eigenvalue weighted by Crippen LogP contribution is -2.40. The van der Waals surface area contributed by atoms with Crippen molar-refractivity contribution in [3.05, 3.63) is 65.2 Å². The van der Waals surface area contributed by atoms with Crippen molar-refractivity contribution in [3.8, 4) is 5.75 Å². The zero-order valence-corrected chi connectivity index (χ0v) is 18.1. The monoisotopic (exact) mass is 409 g/mol. The van der Waals surface area contributed by atoms with Gasteiger partial charge in [-0.2, -0.15) is 0 Å². The summed E-state index contributed by atoms with van der Waals surface area (Å²) in [4.78, 5) is 26.2. The minimum absolute atomic E-state index is 0.156. The molecule has 0 radical (unpaired) electrons. The summed E-state index contributed by atoms with van der Waals surface area (Å²) in [6, 6.07) is 15.9. The van der Waals surface area contributed by atoms with Crippen molar-refractivity contribution in [1.29, 1.82) is 0 Å². The Labute approximate surface area is 178 Å². The fourth-order valence-corrected chi connectivity index (χ4v) is 3.83. The van der Waals surface area contributed by atoms with E-state index in [1.165, 1.54) is 19.4 Å². The number of carbonyl (C=O) groups excluding carboxylic acids is 1. The maximum atomic E-state index is 12.9. The van der Waals surface area contributed by atoms with Crippen LogP contribution in [0.2, 0.25) is 0 Å². The number of benzene rings is 2. The molecule has 1 amide bonds. The van der Waals surface area contributed by atoms with E-state index in [4.69, 9.17) is 4.74 Å². The SMILES string of the molecule is CCc1ccc(CC(=O)N2CCCC(c3cccc(OC(C)(C)C(=O)O)c3)C2)cc1. The van der Waals surface area contributed by atoms with Crippen LogP contribution < -0.4 is 4.74 Å². The van der Waals surface area contributed by atoms with E-state index in [0.717, 1.165) is 36.9 Å². The molecule has 30 heavy (non-hydrogen) atoms. The van der Waals surface area contributed by atoms with Crippen molar-refractivity contribution >= 4 is 11.9 Å². The van der Waals surface area contributed by atoms with Crippen LogP contribution >= 0.6 is 0 Å². The number of piperidine rings is 1. The first-order valence-corrected chi connectivity index (χ1v) is 10.7. The number of aryl methyl sites for hydroxylation is 1. The van der Waals surface area contributed by atoms with E-state index in [0.29, 0.717) is 18.7 Å². The largest absolute Gasteiger partial charge is 0.478 e. The highest BCUT2D eigenvalue weighted by molar-refractivity contribution is 5.79. The molecule has 5 nitrogen and oxygen atoms in total. The first-order valence-electron chi connectivity index (χ1n) is 10.7. The quantitative estimate of drug-likeness (QED) is 0.734. The highest BCUT2D eigenvalue weighted by Gasteiger charge is 2.30. The third-order valence-electron chi connectivity index (χ3n) is 5.78. The van der Waals surface area contributed by atoms with Gasteiger partial charge in [0, 0.05) is 19.0 Å². The zero-order valence-electron chi connectivity index (χ0n) is 18.1. The second kappa shape index (κ2) is 9.33. The van der Waals surface area contributed by atoms with Crippen LogP contribution in [0.4, 0.5) is 0 Å². The number of hydrogen-bond donors (Lipinski definition) is 1. The highest BCUT2D eigenvalue weighted by atomic mass is 16.5. The van der Waals surface area contributed by atoms with Gasteiger partial charge in [0.25, 0.3) is 0 Å². The van der Waals surface area contributed by atoms with Gasteiger partial charge in [0.15, 0.2) is 5.60 Å². The fraction of sp³-hybridized carbons (Fsp3) is 0.440. The molecule has 2 aromatic rings. The lowest BCUT2D eigenvalue weighted by atomic mass is 9.90. The van der Waals surface area contributed by atoms with Crippen molar-refractivity contribution in [2.45, 2.75) is 58.0 Å². The van der Waals surface area contributed by atoms with Gasteiger partial charge in [0.05, 0.1) is 6.42 Å². The van der Waals surface area contributed by atoms with Gasteiger partial charge in [0.1, 0.15) is 5.75 Å². The number of hydrogen-bond acceptors (Lipinski definition) is 3. The molecule has 2 aromatic carbocycles. The van der Waals surface area contributed by atoms with Crippen LogP contribution in [0, 0.1) is 0 Å². The summed E-state index contributed by atoms with van der Waals surface area (Å²) >= 11 is 0. The molecular weight excluding hydrogens is 378 g/mol. The predicted molar refractivity (Wildman–Crippen MR) is 117 cm³/mol. The minimum Gasteiger partial charge on any atom is -0.478 e. The van der Waals surface area contributed by atoms with Gasteiger partial charge in [0.2, 0.25) is 5.91 Å². The zero-order chi connectivity index (χ0) is 21.7. The Morgan fingerprint density at radius 1 is 1.13 bits per heavy atom. The molecule has 1 fully saturated rings. The molecule has 0 bridgehead atoms. The lowest BCUT2D eigenvalue weighted by molar-refractivity contribution is -0.152. The molecule has 5 heteroatoms. The minimum atomic E-state index is -1.29. The first-order chi connectivity index (χ1) is 14.3. The third-order valence-corrected chi connectivity index (χ3v) is 5.78. The normalized spacial score (nSPS) is 16.9. The van der Waals surface area contributed by atoms with Crippen molar-refractivity contribution < 1.29 is 19.4 Å². The van der Waals surface area contributed by atoms with Gasteiger partial charge in [-0.15, -0.1) is 0 Å². The van der Waals surface area contributed by atoms with Gasteiger partial charge < -0.3 is 14.7 Å². The molecule has 1 aliphatic rings. The Kier molecular flexibility index (Phi) is 6.80. The maximum Gasteiger partial charge on any atom is 0.347 e. The number of carboxylic acids is 1. The topological polar surface area (TPSA) is 66.8 Å². The first kappa shape index (κ1) is 21.9. The van der Waals surface area contributed by atoms with Crippen molar-refractivity contribution in [2.24, 2.45) is 0 Å². The van der Waals surface area contributed by atoms with E-state index in [9.17, 15) is 14.7 Å². The summed E-state index contributed by atoms with van der Waals surface area (Å²) in [7, 11) is 0. The molecule has 160 valence electrons. The number of nitrogens with zero attached hydrogens (tertiary/aromatic N) is 1.